The van der Waals surface area contributed by atoms with E-state index in [1.807, 2.05) is 44.4 Å². The highest BCUT2D eigenvalue weighted by atomic mass is 15.2. The van der Waals surface area contributed by atoms with Crippen LogP contribution in [0.3, 0.4) is 0 Å². The molecular formula is C12H15N3. The minimum atomic E-state index is 0.795. The van der Waals surface area contributed by atoms with Gasteiger partial charge in [0.05, 0.1) is 0 Å². The number of benzene rings is 1. The Kier molecular flexibility index (Phi) is 2.46. The predicted molar refractivity (Wildman–Crippen MR) is 64.6 cm³/mol. The van der Waals surface area contributed by atoms with Crippen LogP contribution in [0.5, 0.6) is 0 Å². The highest BCUT2D eigenvalue weighted by Crippen LogP contribution is 2.19. The molecule has 0 radical (unpaired) electrons. The van der Waals surface area contributed by atoms with Crippen LogP contribution in [0.25, 0.3) is 5.57 Å². The lowest BCUT2D eigenvalue weighted by Crippen LogP contribution is -2.28. The maximum atomic E-state index is 5.65. The topological polar surface area (TPSA) is 41.6 Å². The summed E-state index contributed by atoms with van der Waals surface area (Å²) in [6.45, 7) is 2.91. The van der Waals surface area contributed by atoms with E-state index in [4.69, 9.17) is 5.73 Å². The first-order valence-corrected chi connectivity index (χ1v) is 4.97. The van der Waals surface area contributed by atoms with Gasteiger partial charge in [-0.05, 0) is 30.2 Å². The number of hydrogen-bond donors (Lipinski definition) is 1. The Hall–Kier alpha value is -1.77. The molecule has 0 fully saturated rings. The van der Waals surface area contributed by atoms with Crippen molar-refractivity contribution in [2.24, 2.45) is 4.99 Å². The zero-order valence-corrected chi connectivity index (χ0v) is 9.07. The molecule has 0 aromatic heterocycles. The maximum absolute atomic E-state index is 5.65. The molecule has 1 aromatic carbocycles. The zero-order valence-electron chi connectivity index (χ0n) is 9.07. The number of likely N-dealkylation sites (N-methyl/N-ethyl adjacent to an activating group) is 1. The molecule has 0 amide bonds. The molecular weight excluding hydrogens is 186 g/mol. The summed E-state index contributed by atoms with van der Waals surface area (Å²) in [5, 5.41) is 0. The van der Waals surface area contributed by atoms with Crippen LogP contribution in [0.4, 0.5) is 5.69 Å². The Bertz CT molecular complexity index is 415. The van der Waals surface area contributed by atoms with Crippen LogP contribution in [0.1, 0.15) is 12.5 Å². The van der Waals surface area contributed by atoms with Crippen LogP contribution in [-0.4, -0.2) is 24.3 Å². The lowest BCUT2D eigenvalue weighted by Gasteiger charge is -2.23. The van der Waals surface area contributed by atoms with Gasteiger partial charge in [0, 0.05) is 25.5 Å². The first kappa shape index (κ1) is 9.77. The summed E-state index contributed by atoms with van der Waals surface area (Å²) in [5.74, 6) is 1.05. The van der Waals surface area contributed by atoms with Crippen molar-refractivity contribution in [2.45, 2.75) is 6.92 Å². The second-order valence-electron chi connectivity index (χ2n) is 3.81. The number of nitrogens with two attached hydrogens (primary N) is 1. The minimum absolute atomic E-state index is 0.795. The molecule has 2 N–H and O–H groups in total. The highest BCUT2D eigenvalue weighted by molar-refractivity contribution is 5.85. The molecule has 15 heavy (non-hydrogen) atoms. The Morgan fingerprint density at radius 3 is 2.53 bits per heavy atom. The van der Waals surface area contributed by atoms with Crippen LogP contribution in [0.15, 0.2) is 35.5 Å². The largest absolute Gasteiger partial charge is 0.399 e. The number of aliphatic imine (C=N–C) groups is 1. The van der Waals surface area contributed by atoms with Crippen molar-refractivity contribution in [1.82, 2.24) is 4.90 Å². The van der Waals surface area contributed by atoms with Gasteiger partial charge < -0.3 is 10.6 Å². The number of nitrogen functional groups attached to an aromatic ring is 1. The fourth-order valence-electron chi connectivity index (χ4n) is 1.54. The number of rotatable bonds is 1. The van der Waals surface area contributed by atoms with Gasteiger partial charge in [-0.2, -0.15) is 0 Å². The van der Waals surface area contributed by atoms with Gasteiger partial charge in [-0.3, -0.25) is 0 Å². The van der Waals surface area contributed by atoms with Gasteiger partial charge in [-0.1, -0.05) is 12.1 Å². The summed E-state index contributed by atoms with van der Waals surface area (Å²) in [4.78, 5) is 6.47. The van der Waals surface area contributed by atoms with E-state index < -0.39 is 0 Å². The predicted octanol–water partition coefficient (Wildman–Crippen LogP) is 1.97. The summed E-state index contributed by atoms with van der Waals surface area (Å²) < 4.78 is 0. The standard InChI is InChI=1S/C12H15N3/c1-9-14-7-11(8-15(9)2)10-3-5-12(13)6-4-10/h3-7H,8,13H2,1-2H3. The van der Waals surface area contributed by atoms with E-state index in [9.17, 15) is 0 Å². The van der Waals surface area contributed by atoms with Crippen LogP contribution in [0, 0.1) is 0 Å². The molecule has 1 aromatic rings. The molecule has 0 unspecified atom stereocenters. The van der Waals surface area contributed by atoms with Crippen LogP contribution >= 0.6 is 0 Å². The highest BCUT2D eigenvalue weighted by Gasteiger charge is 2.10. The Labute approximate surface area is 89.9 Å². The average molecular weight is 201 g/mol. The van der Waals surface area contributed by atoms with E-state index in [1.54, 1.807) is 0 Å². The molecule has 2 rings (SSSR count). The van der Waals surface area contributed by atoms with Gasteiger partial charge >= 0.3 is 0 Å². The van der Waals surface area contributed by atoms with Crippen LogP contribution in [-0.2, 0) is 0 Å². The molecule has 0 saturated carbocycles. The van der Waals surface area contributed by atoms with Crippen LogP contribution < -0.4 is 5.73 Å². The normalized spacial score (nSPS) is 16.0. The third-order valence-corrected chi connectivity index (χ3v) is 2.65. The fraction of sp³-hybridized carbons (Fsp3) is 0.250. The summed E-state index contributed by atoms with van der Waals surface area (Å²) in [5.41, 5.74) is 8.86. The first-order valence-electron chi connectivity index (χ1n) is 4.97. The third-order valence-electron chi connectivity index (χ3n) is 2.65. The van der Waals surface area contributed by atoms with Crippen molar-refractivity contribution >= 4 is 17.1 Å². The molecule has 1 aliphatic rings. The number of hydrogen-bond acceptors (Lipinski definition) is 3. The number of anilines is 1. The molecule has 0 saturated heterocycles. The van der Waals surface area contributed by atoms with Gasteiger partial charge in [0.25, 0.3) is 0 Å². The quantitative estimate of drug-likeness (QED) is 0.706. The van der Waals surface area contributed by atoms with Gasteiger partial charge in [0.15, 0.2) is 0 Å². The Morgan fingerprint density at radius 2 is 1.93 bits per heavy atom. The van der Waals surface area contributed by atoms with E-state index in [0.717, 1.165) is 18.1 Å². The van der Waals surface area contributed by atoms with Gasteiger partial charge in [-0.25, -0.2) is 4.99 Å². The van der Waals surface area contributed by atoms with E-state index in [-0.39, 0.29) is 0 Å². The fourth-order valence-corrected chi connectivity index (χ4v) is 1.54. The SMILES string of the molecule is CC1=NC=C(c2ccc(N)cc2)CN1C. The molecule has 3 heteroatoms. The van der Waals surface area contributed by atoms with Crippen molar-refractivity contribution in [3.8, 4) is 0 Å². The molecule has 0 atom stereocenters. The van der Waals surface area contributed by atoms with Crippen molar-refractivity contribution in [3.63, 3.8) is 0 Å². The number of nitrogens with zero attached hydrogens (tertiary/aromatic N) is 2. The molecule has 0 bridgehead atoms. The summed E-state index contributed by atoms with van der Waals surface area (Å²) >= 11 is 0. The lowest BCUT2D eigenvalue weighted by molar-refractivity contribution is 0.561. The van der Waals surface area contributed by atoms with Crippen molar-refractivity contribution < 1.29 is 0 Å². The van der Waals surface area contributed by atoms with E-state index in [0.29, 0.717) is 0 Å². The Morgan fingerprint density at radius 1 is 1.27 bits per heavy atom. The van der Waals surface area contributed by atoms with Gasteiger partial charge in [0.1, 0.15) is 5.84 Å². The second-order valence-corrected chi connectivity index (χ2v) is 3.81. The van der Waals surface area contributed by atoms with Gasteiger partial charge in [-0.15, -0.1) is 0 Å². The second kappa shape index (κ2) is 3.77. The van der Waals surface area contributed by atoms with Crippen molar-refractivity contribution in [1.29, 1.82) is 0 Å². The summed E-state index contributed by atoms with van der Waals surface area (Å²) in [6, 6.07) is 7.90. The van der Waals surface area contributed by atoms with E-state index >= 15 is 0 Å². The zero-order chi connectivity index (χ0) is 10.8. The van der Waals surface area contributed by atoms with E-state index in [1.165, 1.54) is 11.1 Å². The van der Waals surface area contributed by atoms with Crippen molar-refractivity contribution in [2.75, 3.05) is 19.3 Å². The maximum Gasteiger partial charge on any atom is 0.101 e. The third kappa shape index (κ3) is 2.01. The summed E-state index contributed by atoms with van der Waals surface area (Å²) in [7, 11) is 2.04. The minimum Gasteiger partial charge on any atom is -0.399 e. The first-order chi connectivity index (χ1) is 7.16. The molecule has 78 valence electrons. The summed E-state index contributed by atoms with van der Waals surface area (Å²) in [6.07, 6.45) is 1.93. The van der Waals surface area contributed by atoms with Crippen LogP contribution in [0.2, 0.25) is 0 Å². The van der Waals surface area contributed by atoms with Gasteiger partial charge in [0.2, 0.25) is 0 Å². The Balaban J connectivity index is 2.29. The molecule has 1 heterocycles. The molecule has 3 nitrogen and oxygen atoms in total. The van der Waals surface area contributed by atoms with E-state index in [2.05, 4.69) is 9.89 Å². The number of amidine groups is 1. The average Bonchev–Trinajstić information content (AvgIpc) is 2.23. The monoisotopic (exact) mass is 201 g/mol. The molecule has 0 aliphatic carbocycles. The van der Waals surface area contributed by atoms with Crippen molar-refractivity contribution in [3.05, 3.63) is 36.0 Å². The smallest absolute Gasteiger partial charge is 0.101 e. The lowest BCUT2D eigenvalue weighted by atomic mass is 10.1. The molecule has 1 aliphatic heterocycles. The molecule has 0 spiro atoms.